The smallest absolute Gasteiger partial charge is 0.277 e. The van der Waals surface area contributed by atoms with Gasteiger partial charge in [-0.2, -0.15) is 5.10 Å². The van der Waals surface area contributed by atoms with E-state index in [9.17, 15) is 4.79 Å². The first-order chi connectivity index (χ1) is 14.4. The number of amides is 1. The van der Waals surface area contributed by atoms with Crippen molar-refractivity contribution in [1.82, 2.24) is 14.9 Å². The van der Waals surface area contributed by atoms with Gasteiger partial charge in [-0.3, -0.25) is 9.48 Å². The molecule has 8 heteroatoms. The van der Waals surface area contributed by atoms with Gasteiger partial charge in [-0.05, 0) is 43.7 Å². The molecule has 0 unspecified atom stereocenters. The summed E-state index contributed by atoms with van der Waals surface area (Å²) in [5.74, 6) is 0.0961. The van der Waals surface area contributed by atoms with Gasteiger partial charge in [0.15, 0.2) is 11.5 Å². The van der Waals surface area contributed by atoms with Crippen LogP contribution < -0.4 is 5.32 Å². The third kappa shape index (κ3) is 4.25. The van der Waals surface area contributed by atoms with Crippen molar-refractivity contribution >= 4 is 34.8 Å². The monoisotopic (exact) mass is 440 g/mol. The fourth-order valence-electron chi connectivity index (χ4n) is 3.13. The number of nitrogens with one attached hydrogen (secondary N) is 1. The summed E-state index contributed by atoms with van der Waals surface area (Å²) in [7, 11) is 0. The zero-order valence-corrected chi connectivity index (χ0v) is 17.8. The summed E-state index contributed by atoms with van der Waals surface area (Å²) in [5, 5.41) is 12.6. The minimum Gasteiger partial charge on any atom is -0.355 e. The molecule has 2 heterocycles. The van der Waals surface area contributed by atoms with E-state index in [1.165, 1.54) is 0 Å². The van der Waals surface area contributed by atoms with Crippen LogP contribution in [0.4, 0.5) is 5.69 Å². The Hall–Kier alpha value is -3.09. The number of halogens is 2. The minimum absolute atomic E-state index is 0.175. The molecule has 30 heavy (non-hydrogen) atoms. The molecular formula is C22H18Cl2N4O2. The standard InChI is InChI=1S/C22H18Cl2N4O2/c1-13-21(14(2)28(26-13)12-15-6-8-17(23)9-7-15)25-22(29)19-11-20(30-27-19)16-4-3-5-18(24)10-16/h3-11H,12H2,1-2H3,(H,25,29). The molecule has 0 aliphatic carbocycles. The van der Waals surface area contributed by atoms with Crippen molar-refractivity contribution in [3.8, 4) is 11.3 Å². The van der Waals surface area contributed by atoms with Crippen LogP contribution in [0.15, 0.2) is 59.1 Å². The predicted molar refractivity (Wildman–Crippen MR) is 117 cm³/mol. The van der Waals surface area contributed by atoms with Crippen LogP contribution in [-0.2, 0) is 6.54 Å². The van der Waals surface area contributed by atoms with Gasteiger partial charge >= 0.3 is 0 Å². The second-order valence-corrected chi connectivity index (χ2v) is 7.74. The molecule has 2 aromatic carbocycles. The second kappa shape index (κ2) is 8.34. The first-order valence-corrected chi connectivity index (χ1v) is 9.99. The van der Waals surface area contributed by atoms with E-state index < -0.39 is 0 Å². The predicted octanol–water partition coefficient (Wildman–Crippen LogP) is 5.76. The van der Waals surface area contributed by atoms with Gasteiger partial charge in [0, 0.05) is 21.7 Å². The summed E-state index contributed by atoms with van der Waals surface area (Å²) in [4.78, 5) is 12.7. The number of aryl methyl sites for hydroxylation is 1. The number of carbonyl (C=O) groups excluding carboxylic acids is 1. The lowest BCUT2D eigenvalue weighted by atomic mass is 10.1. The number of benzene rings is 2. The van der Waals surface area contributed by atoms with Crippen LogP contribution in [0.3, 0.4) is 0 Å². The van der Waals surface area contributed by atoms with Gasteiger partial charge in [0.25, 0.3) is 5.91 Å². The number of rotatable bonds is 5. The summed E-state index contributed by atoms with van der Waals surface area (Å²) in [5.41, 5.74) is 4.20. The van der Waals surface area contributed by atoms with Crippen LogP contribution >= 0.6 is 23.2 Å². The van der Waals surface area contributed by atoms with Gasteiger partial charge < -0.3 is 9.84 Å². The number of aromatic nitrogens is 3. The Morgan fingerprint density at radius 2 is 1.83 bits per heavy atom. The highest BCUT2D eigenvalue weighted by Crippen LogP contribution is 2.25. The first-order valence-electron chi connectivity index (χ1n) is 9.23. The number of anilines is 1. The van der Waals surface area contributed by atoms with Crippen molar-refractivity contribution in [2.24, 2.45) is 0 Å². The quantitative estimate of drug-likeness (QED) is 0.427. The zero-order valence-electron chi connectivity index (χ0n) is 16.3. The Bertz CT molecular complexity index is 1210. The van der Waals surface area contributed by atoms with E-state index in [1.54, 1.807) is 18.2 Å². The van der Waals surface area contributed by atoms with Crippen LogP contribution in [0.1, 0.15) is 27.4 Å². The summed E-state index contributed by atoms with van der Waals surface area (Å²) >= 11 is 12.0. The highest BCUT2D eigenvalue weighted by Gasteiger charge is 2.19. The van der Waals surface area contributed by atoms with E-state index in [0.717, 1.165) is 16.8 Å². The molecule has 0 bridgehead atoms. The van der Waals surface area contributed by atoms with E-state index in [2.05, 4.69) is 15.6 Å². The molecule has 0 radical (unpaired) electrons. The van der Waals surface area contributed by atoms with Gasteiger partial charge in [0.2, 0.25) is 0 Å². The van der Waals surface area contributed by atoms with Crippen molar-refractivity contribution < 1.29 is 9.32 Å². The van der Waals surface area contributed by atoms with Crippen LogP contribution in [-0.4, -0.2) is 20.8 Å². The summed E-state index contributed by atoms with van der Waals surface area (Å²) in [6.45, 7) is 4.33. The molecule has 2 aromatic heterocycles. The summed E-state index contributed by atoms with van der Waals surface area (Å²) in [6.07, 6.45) is 0. The molecule has 0 saturated carbocycles. The number of hydrogen-bond acceptors (Lipinski definition) is 4. The van der Waals surface area contributed by atoms with Gasteiger partial charge in [0.1, 0.15) is 0 Å². The van der Waals surface area contributed by atoms with Gasteiger partial charge in [0.05, 0.1) is 23.6 Å². The third-order valence-corrected chi connectivity index (χ3v) is 5.20. The van der Waals surface area contributed by atoms with Crippen LogP contribution in [0.25, 0.3) is 11.3 Å². The topological polar surface area (TPSA) is 73.0 Å². The molecule has 4 aromatic rings. The van der Waals surface area contributed by atoms with Crippen molar-refractivity contribution in [2.45, 2.75) is 20.4 Å². The van der Waals surface area contributed by atoms with Crippen LogP contribution in [0, 0.1) is 13.8 Å². The Morgan fingerprint density at radius 1 is 1.07 bits per heavy atom. The van der Waals surface area contributed by atoms with Crippen LogP contribution in [0.2, 0.25) is 10.0 Å². The summed E-state index contributed by atoms with van der Waals surface area (Å²) in [6, 6.07) is 16.3. The lowest BCUT2D eigenvalue weighted by molar-refractivity contribution is 0.101. The highest BCUT2D eigenvalue weighted by atomic mass is 35.5. The average Bonchev–Trinajstić information content (AvgIpc) is 3.31. The van der Waals surface area contributed by atoms with E-state index >= 15 is 0 Å². The molecule has 1 amide bonds. The molecule has 152 valence electrons. The second-order valence-electron chi connectivity index (χ2n) is 6.87. The number of nitrogens with zero attached hydrogens (tertiary/aromatic N) is 3. The SMILES string of the molecule is Cc1nn(Cc2ccc(Cl)cc2)c(C)c1NC(=O)c1cc(-c2cccc(Cl)c2)on1. The summed E-state index contributed by atoms with van der Waals surface area (Å²) < 4.78 is 7.16. The molecule has 0 atom stereocenters. The maximum atomic E-state index is 12.7. The molecule has 0 aliphatic rings. The van der Waals surface area contributed by atoms with Gasteiger partial charge in [-0.25, -0.2) is 0 Å². The molecule has 0 aliphatic heterocycles. The zero-order chi connectivity index (χ0) is 21.3. The average molecular weight is 441 g/mol. The minimum atomic E-state index is -0.371. The Balaban J connectivity index is 1.52. The highest BCUT2D eigenvalue weighted by molar-refractivity contribution is 6.31. The van der Waals surface area contributed by atoms with Crippen molar-refractivity contribution in [1.29, 1.82) is 0 Å². The molecule has 4 rings (SSSR count). The number of carbonyl (C=O) groups is 1. The first kappa shape index (κ1) is 20.2. The molecular weight excluding hydrogens is 423 g/mol. The molecule has 6 nitrogen and oxygen atoms in total. The lowest BCUT2D eigenvalue weighted by Crippen LogP contribution is -2.13. The molecule has 0 fully saturated rings. The molecule has 0 saturated heterocycles. The largest absolute Gasteiger partial charge is 0.355 e. The molecule has 0 spiro atoms. The van der Waals surface area contributed by atoms with E-state index in [0.29, 0.717) is 33.7 Å². The van der Waals surface area contributed by atoms with Gasteiger partial charge in [-0.1, -0.05) is 52.6 Å². The molecule has 1 N–H and O–H groups in total. The van der Waals surface area contributed by atoms with Crippen LogP contribution in [0.5, 0.6) is 0 Å². The van der Waals surface area contributed by atoms with E-state index in [1.807, 2.05) is 54.9 Å². The maximum Gasteiger partial charge on any atom is 0.277 e. The fourth-order valence-corrected chi connectivity index (χ4v) is 3.45. The van der Waals surface area contributed by atoms with Gasteiger partial charge in [-0.15, -0.1) is 0 Å². The van der Waals surface area contributed by atoms with Crippen molar-refractivity contribution in [2.75, 3.05) is 5.32 Å². The van der Waals surface area contributed by atoms with E-state index in [-0.39, 0.29) is 11.6 Å². The Kier molecular flexibility index (Phi) is 5.61. The van der Waals surface area contributed by atoms with Crippen molar-refractivity contribution in [3.05, 3.63) is 87.3 Å². The third-order valence-electron chi connectivity index (χ3n) is 4.72. The maximum absolute atomic E-state index is 12.7. The normalized spacial score (nSPS) is 10.9. The van der Waals surface area contributed by atoms with E-state index in [4.69, 9.17) is 27.7 Å². The Morgan fingerprint density at radius 3 is 2.57 bits per heavy atom. The Labute approximate surface area is 183 Å². The number of hydrogen-bond donors (Lipinski definition) is 1. The van der Waals surface area contributed by atoms with Crippen molar-refractivity contribution in [3.63, 3.8) is 0 Å². The fraction of sp³-hybridized carbons (Fsp3) is 0.136. The lowest BCUT2D eigenvalue weighted by Gasteiger charge is -2.06.